The van der Waals surface area contributed by atoms with Crippen molar-refractivity contribution in [2.45, 2.75) is 42.4 Å². The second-order valence-corrected chi connectivity index (χ2v) is 6.96. The Labute approximate surface area is 129 Å². The summed E-state index contributed by atoms with van der Waals surface area (Å²) < 4.78 is 0. The second kappa shape index (κ2) is 6.10. The summed E-state index contributed by atoms with van der Waals surface area (Å²) in [5, 5.41) is 3.06. The summed E-state index contributed by atoms with van der Waals surface area (Å²) in [6.07, 6.45) is 2.62. The predicted octanol–water partition coefficient (Wildman–Crippen LogP) is 1.83. The Bertz CT molecular complexity index is 536. The summed E-state index contributed by atoms with van der Waals surface area (Å²) in [4.78, 5) is 27.3. The molecule has 0 radical (unpaired) electrons. The summed E-state index contributed by atoms with van der Waals surface area (Å²) >= 11 is 1.83. The summed E-state index contributed by atoms with van der Waals surface area (Å²) in [6.45, 7) is 2.85. The molecule has 1 aromatic carbocycles. The first-order valence-electron chi connectivity index (χ1n) is 7.50. The summed E-state index contributed by atoms with van der Waals surface area (Å²) in [5.74, 6) is 0.0431. The molecular weight excluding hydrogens is 284 g/mol. The molecule has 21 heavy (non-hydrogen) atoms. The lowest BCUT2D eigenvalue weighted by molar-refractivity contribution is -0.145. The number of carbonyl (C=O) groups excluding carboxylic acids is 2. The van der Waals surface area contributed by atoms with E-state index in [1.807, 2.05) is 24.8 Å². The first-order chi connectivity index (χ1) is 10.2. The number of benzene rings is 1. The van der Waals surface area contributed by atoms with E-state index in [-0.39, 0.29) is 24.4 Å². The van der Waals surface area contributed by atoms with Gasteiger partial charge in [-0.15, -0.1) is 11.8 Å². The SMILES string of the molecule is CCCC1C(=O)NCC(=O)N1CC1Cc2ccccc2S1. The fourth-order valence-electron chi connectivity index (χ4n) is 3.06. The van der Waals surface area contributed by atoms with Crippen molar-refractivity contribution in [2.24, 2.45) is 0 Å². The molecule has 1 fully saturated rings. The van der Waals surface area contributed by atoms with Gasteiger partial charge in [0.05, 0.1) is 6.54 Å². The van der Waals surface area contributed by atoms with E-state index < -0.39 is 0 Å². The van der Waals surface area contributed by atoms with E-state index in [2.05, 4.69) is 23.5 Å². The molecule has 2 amide bonds. The maximum atomic E-state index is 12.2. The van der Waals surface area contributed by atoms with Crippen molar-refractivity contribution in [1.82, 2.24) is 10.2 Å². The van der Waals surface area contributed by atoms with Gasteiger partial charge in [0.1, 0.15) is 6.04 Å². The molecule has 1 aromatic rings. The monoisotopic (exact) mass is 304 g/mol. The normalized spacial score (nSPS) is 24.9. The van der Waals surface area contributed by atoms with Crippen LogP contribution in [0.3, 0.4) is 0 Å². The highest BCUT2D eigenvalue weighted by molar-refractivity contribution is 8.00. The average molecular weight is 304 g/mol. The zero-order valence-electron chi connectivity index (χ0n) is 12.2. The Morgan fingerprint density at radius 3 is 2.90 bits per heavy atom. The maximum Gasteiger partial charge on any atom is 0.243 e. The number of piperazine rings is 1. The third kappa shape index (κ3) is 2.93. The van der Waals surface area contributed by atoms with Crippen LogP contribution in [0.5, 0.6) is 0 Å². The second-order valence-electron chi connectivity index (χ2n) is 5.62. The first-order valence-corrected chi connectivity index (χ1v) is 8.38. The number of amides is 2. The minimum atomic E-state index is -0.291. The standard InChI is InChI=1S/C16H20N2O2S/c1-2-5-13-16(20)17-9-15(19)18(13)10-12-8-11-6-3-4-7-14(11)21-12/h3-4,6-7,12-13H,2,5,8-10H2,1H3,(H,17,20). The number of carbonyl (C=O) groups is 2. The van der Waals surface area contributed by atoms with Gasteiger partial charge < -0.3 is 10.2 Å². The molecular formula is C16H20N2O2S. The highest BCUT2D eigenvalue weighted by Crippen LogP contribution is 2.37. The van der Waals surface area contributed by atoms with Gasteiger partial charge in [-0.1, -0.05) is 31.5 Å². The van der Waals surface area contributed by atoms with Crippen molar-refractivity contribution in [3.05, 3.63) is 29.8 Å². The summed E-state index contributed by atoms with van der Waals surface area (Å²) in [7, 11) is 0. The Morgan fingerprint density at radius 1 is 1.33 bits per heavy atom. The molecule has 2 aliphatic rings. The van der Waals surface area contributed by atoms with Crippen LogP contribution in [0.1, 0.15) is 25.3 Å². The van der Waals surface area contributed by atoms with Crippen molar-refractivity contribution in [3.8, 4) is 0 Å². The molecule has 3 rings (SSSR count). The van der Waals surface area contributed by atoms with Crippen LogP contribution in [-0.4, -0.2) is 41.1 Å². The van der Waals surface area contributed by atoms with Gasteiger partial charge in [0.15, 0.2) is 0 Å². The van der Waals surface area contributed by atoms with E-state index in [0.717, 1.165) is 19.3 Å². The van der Waals surface area contributed by atoms with Gasteiger partial charge in [0.25, 0.3) is 0 Å². The number of hydrogen-bond acceptors (Lipinski definition) is 3. The van der Waals surface area contributed by atoms with Gasteiger partial charge in [-0.3, -0.25) is 9.59 Å². The number of thioether (sulfide) groups is 1. The van der Waals surface area contributed by atoms with Gasteiger partial charge in [0.2, 0.25) is 11.8 Å². The van der Waals surface area contributed by atoms with Crippen molar-refractivity contribution in [1.29, 1.82) is 0 Å². The highest BCUT2D eigenvalue weighted by atomic mass is 32.2. The van der Waals surface area contributed by atoms with E-state index in [1.165, 1.54) is 10.5 Å². The number of nitrogens with zero attached hydrogens (tertiary/aromatic N) is 1. The lowest BCUT2D eigenvalue weighted by atomic mass is 10.0. The van der Waals surface area contributed by atoms with Gasteiger partial charge in [-0.2, -0.15) is 0 Å². The smallest absolute Gasteiger partial charge is 0.243 e. The number of fused-ring (bicyclic) bond motifs is 1. The molecule has 0 saturated carbocycles. The zero-order valence-corrected chi connectivity index (χ0v) is 13.0. The fraction of sp³-hybridized carbons (Fsp3) is 0.500. The number of hydrogen-bond donors (Lipinski definition) is 1. The van der Waals surface area contributed by atoms with E-state index in [1.54, 1.807) is 4.90 Å². The van der Waals surface area contributed by atoms with Gasteiger partial charge >= 0.3 is 0 Å². The molecule has 112 valence electrons. The van der Waals surface area contributed by atoms with Gasteiger partial charge in [-0.05, 0) is 24.5 Å². The first kappa shape index (κ1) is 14.4. The molecule has 0 aliphatic carbocycles. The van der Waals surface area contributed by atoms with Crippen LogP contribution >= 0.6 is 11.8 Å². The Kier molecular flexibility index (Phi) is 4.19. The molecule has 5 heteroatoms. The van der Waals surface area contributed by atoms with Crippen LogP contribution < -0.4 is 5.32 Å². The van der Waals surface area contributed by atoms with Crippen molar-refractivity contribution < 1.29 is 9.59 Å². The lowest BCUT2D eigenvalue weighted by Gasteiger charge is -2.36. The molecule has 0 aromatic heterocycles. The molecule has 4 nitrogen and oxygen atoms in total. The quantitative estimate of drug-likeness (QED) is 0.923. The number of nitrogens with one attached hydrogen (secondary N) is 1. The Hall–Kier alpha value is -1.49. The largest absolute Gasteiger partial charge is 0.345 e. The Morgan fingerprint density at radius 2 is 2.14 bits per heavy atom. The predicted molar refractivity (Wildman–Crippen MR) is 83.2 cm³/mol. The van der Waals surface area contributed by atoms with E-state index >= 15 is 0 Å². The molecule has 1 saturated heterocycles. The molecule has 2 unspecified atom stereocenters. The molecule has 2 aliphatic heterocycles. The van der Waals surface area contributed by atoms with Crippen LogP contribution in [0.2, 0.25) is 0 Å². The van der Waals surface area contributed by atoms with Crippen LogP contribution in [-0.2, 0) is 16.0 Å². The Balaban J connectivity index is 1.71. The molecule has 2 atom stereocenters. The van der Waals surface area contributed by atoms with Gasteiger partial charge in [-0.25, -0.2) is 0 Å². The highest BCUT2D eigenvalue weighted by Gasteiger charge is 2.36. The maximum absolute atomic E-state index is 12.2. The minimum absolute atomic E-state index is 0.00281. The third-order valence-electron chi connectivity index (χ3n) is 4.09. The van der Waals surface area contributed by atoms with Crippen LogP contribution in [0.25, 0.3) is 0 Å². The van der Waals surface area contributed by atoms with E-state index in [9.17, 15) is 9.59 Å². The summed E-state index contributed by atoms with van der Waals surface area (Å²) in [6, 6.07) is 8.10. The topological polar surface area (TPSA) is 49.4 Å². The molecule has 0 spiro atoms. The average Bonchev–Trinajstić information content (AvgIpc) is 2.89. The van der Waals surface area contributed by atoms with Crippen molar-refractivity contribution in [2.75, 3.05) is 13.1 Å². The lowest BCUT2D eigenvalue weighted by Crippen LogP contribution is -2.59. The van der Waals surface area contributed by atoms with Gasteiger partial charge in [0, 0.05) is 16.7 Å². The van der Waals surface area contributed by atoms with Crippen molar-refractivity contribution in [3.63, 3.8) is 0 Å². The fourth-order valence-corrected chi connectivity index (χ4v) is 4.38. The summed E-state index contributed by atoms with van der Waals surface area (Å²) in [5.41, 5.74) is 1.36. The third-order valence-corrected chi connectivity index (χ3v) is 5.39. The van der Waals surface area contributed by atoms with E-state index in [4.69, 9.17) is 0 Å². The van der Waals surface area contributed by atoms with E-state index in [0.29, 0.717) is 11.8 Å². The zero-order chi connectivity index (χ0) is 14.8. The molecule has 2 heterocycles. The minimum Gasteiger partial charge on any atom is -0.345 e. The van der Waals surface area contributed by atoms with Crippen molar-refractivity contribution >= 4 is 23.6 Å². The number of rotatable bonds is 4. The molecule has 0 bridgehead atoms. The van der Waals surface area contributed by atoms with Crippen LogP contribution in [0, 0.1) is 0 Å². The van der Waals surface area contributed by atoms with Crippen LogP contribution in [0.15, 0.2) is 29.2 Å². The van der Waals surface area contributed by atoms with Crippen LogP contribution in [0.4, 0.5) is 0 Å². The molecule has 1 N–H and O–H groups in total.